The van der Waals surface area contributed by atoms with Gasteiger partial charge in [0.15, 0.2) is 14.7 Å². The van der Waals surface area contributed by atoms with Crippen molar-refractivity contribution >= 4 is 27.1 Å². The maximum Gasteiger partial charge on any atom is 0.351 e. The minimum Gasteiger partial charge on any atom is -0.506 e. The Hall–Kier alpha value is -1.08. The van der Waals surface area contributed by atoms with Crippen molar-refractivity contribution in [2.24, 2.45) is 0 Å². The molecule has 0 spiro atoms. The van der Waals surface area contributed by atoms with Crippen LogP contribution in [-0.4, -0.2) is 32.9 Å². The molecule has 1 aromatic rings. The summed E-state index contributed by atoms with van der Waals surface area (Å²) in [5, 5.41) is 9.24. The molecular formula is C7H8O5S2. The predicted octanol–water partition coefficient (Wildman–Crippen LogP) is 0.644. The van der Waals surface area contributed by atoms with E-state index < -0.39 is 15.8 Å². The van der Waals surface area contributed by atoms with Gasteiger partial charge in [-0.05, 0) is 0 Å². The fraction of sp³-hybridized carbons (Fsp3) is 0.286. The van der Waals surface area contributed by atoms with E-state index in [2.05, 4.69) is 4.74 Å². The Balaban J connectivity index is 3.25. The average molecular weight is 236 g/mol. The number of esters is 1. The molecule has 1 heterocycles. The molecule has 0 bridgehead atoms. The van der Waals surface area contributed by atoms with Crippen LogP contribution in [0.3, 0.4) is 0 Å². The highest BCUT2D eigenvalue weighted by molar-refractivity contribution is 7.92. The molecule has 14 heavy (non-hydrogen) atoms. The van der Waals surface area contributed by atoms with Crippen molar-refractivity contribution in [2.75, 3.05) is 13.4 Å². The number of rotatable bonds is 2. The molecular weight excluding hydrogens is 228 g/mol. The lowest BCUT2D eigenvalue weighted by atomic mass is 10.4. The van der Waals surface area contributed by atoms with Crippen molar-refractivity contribution in [3.63, 3.8) is 0 Å². The van der Waals surface area contributed by atoms with Crippen LogP contribution in [0.2, 0.25) is 0 Å². The maximum absolute atomic E-state index is 11.1. The second-order valence-electron chi connectivity index (χ2n) is 2.54. The Labute approximate surface area is 84.9 Å². The summed E-state index contributed by atoms with van der Waals surface area (Å²) in [5.41, 5.74) is 0. The van der Waals surface area contributed by atoms with Gasteiger partial charge in [-0.2, -0.15) is 0 Å². The number of hydrogen-bond acceptors (Lipinski definition) is 6. The molecule has 0 amide bonds. The molecule has 78 valence electrons. The van der Waals surface area contributed by atoms with E-state index in [0.29, 0.717) is 11.3 Å². The summed E-state index contributed by atoms with van der Waals surface area (Å²) >= 11 is 0.687. The van der Waals surface area contributed by atoms with Crippen LogP contribution < -0.4 is 0 Å². The van der Waals surface area contributed by atoms with Gasteiger partial charge in [0.05, 0.1) is 7.11 Å². The predicted molar refractivity (Wildman–Crippen MR) is 50.4 cm³/mol. The van der Waals surface area contributed by atoms with Gasteiger partial charge in [0.1, 0.15) is 9.96 Å². The molecule has 0 saturated heterocycles. The Morgan fingerprint density at radius 3 is 2.50 bits per heavy atom. The lowest BCUT2D eigenvalue weighted by Crippen LogP contribution is -1.97. The molecule has 0 atom stereocenters. The zero-order valence-corrected chi connectivity index (χ0v) is 9.11. The van der Waals surface area contributed by atoms with Crippen LogP contribution in [0.1, 0.15) is 9.67 Å². The molecule has 0 unspecified atom stereocenters. The van der Waals surface area contributed by atoms with Crippen molar-refractivity contribution in [3.8, 4) is 5.75 Å². The van der Waals surface area contributed by atoms with Gasteiger partial charge in [-0.15, -0.1) is 11.3 Å². The van der Waals surface area contributed by atoms with E-state index in [0.717, 1.165) is 19.4 Å². The third kappa shape index (κ3) is 2.05. The molecule has 7 heteroatoms. The van der Waals surface area contributed by atoms with E-state index in [1.165, 1.54) is 0 Å². The van der Waals surface area contributed by atoms with Crippen molar-refractivity contribution in [1.29, 1.82) is 0 Å². The van der Waals surface area contributed by atoms with Crippen molar-refractivity contribution < 1.29 is 23.1 Å². The van der Waals surface area contributed by atoms with Gasteiger partial charge >= 0.3 is 5.97 Å². The van der Waals surface area contributed by atoms with Crippen molar-refractivity contribution in [1.82, 2.24) is 0 Å². The number of hydrogen-bond donors (Lipinski definition) is 1. The Bertz CT molecular complexity index is 456. The molecule has 0 saturated carbocycles. The highest BCUT2D eigenvalue weighted by Gasteiger charge is 2.20. The van der Waals surface area contributed by atoms with E-state index in [9.17, 15) is 18.3 Å². The third-order valence-electron chi connectivity index (χ3n) is 1.43. The normalized spacial score (nSPS) is 11.3. The summed E-state index contributed by atoms with van der Waals surface area (Å²) in [6.45, 7) is 0. The second-order valence-corrected chi connectivity index (χ2v) is 5.84. The average Bonchev–Trinajstić information content (AvgIpc) is 2.45. The first-order valence-corrected chi connectivity index (χ1v) is 6.18. The van der Waals surface area contributed by atoms with Gasteiger partial charge < -0.3 is 9.84 Å². The van der Waals surface area contributed by atoms with Gasteiger partial charge in [0.25, 0.3) is 0 Å². The highest BCUT2D eigenvalue weighted by atomic mass is 32.2. The molecule has 0 aliphatic carbocycles. The van der Waals surface area contributed by atoms with E-state index in [-0.39, 0.29) is 14.8 Å². The van der Waals surface area contributed by atoms with Crippen LogP contribution in [0.4, 0.5) is 0 Å². The molecule has 1 N–H and O–H groups in total. The third-order valence-corrected chi connectivity index (χ3v) is 4.33. The summed E-state index contributed by atoms with van der Waals surface area (Å²) in [6, 6.07) is 1.03. The Morgan fingerprint density at radius 2 is 2.14 bits per heavy atom. The smallest absolute Gasteiger partial charge is 0.351 e. The van der Waals surface area contributed by atoms with Crippen LogP contribution >= 0.6 is 11.3 Å². The lowest BCUT2D eigenvalue weighted by Gasteiger charge is -1.93. The summed E-state index contributed by atoms with van der Waals surface area (Å²) in [5.74, 6) is -1.12. The molecule has 1 rings (SSSR count). The number of methoxy groups -OCH3 is 1. The van der Waals surface area contributed by atoms with Crippen LogP contribution in [0.5, 0.6) is 5.75 Å². The topological polar surface area (TPSA) is 80.7 Å². The Kier molecular flexibility index (Phi) is 2.81. The van der Waals surface area contributed by atoms with Gasteiger partial charge in [-0.1, -0.05) is 0 Å². The number of ether oxygens (including phenoxy) is 1. The molecule has 0 aliphatic rings. The summed E-state index contributed by atoms with van der Waals surface area (Å²) in [4.78, 5) is 10.9. The number of aromatic hydroxyl groups is 1. The second kappa shape index (κ2) is 3.58. The Morgan fingerprint density at radius 1 is 1.57 bits per heavy atom. The number of thiophene rings is 1. The minimum atomic E-state index is -3.40. The van der Waals surface area contributed by atoms with Gasteiger partial charge in [0.2, 0.25) is 0 Å². The standard InChI is InChI=1S/C7H8O5S2/c1-12-7(9)6-4(8)3-5(13-6)14(2,10)11/h3,8H,1-2H3. The van der Waals surface area contributed by atoms with Gasteiger partial charge in [-0.3, -0.25) is 0 Å². The fourth-order valence-corrected chi connectivity index (χ4v) is 2.66. The molecule has 0 fully saturated rings. The monoisotopic (exact) mass is 236 g/mol. The van der Waals surface area contributed by atoms with Gasteiger partial charge in [-0.25, -0.2) is 13.2 Å². The quantitative estimate of drug-likeness (QED) is 0.762. The maximum atomic E-state index is 11.1. The first kappa shape index (κ1) is 11.0. The van der Waals surface area contributed by atoms with Crippen LogP contribution in [0.15, 0.2) is 10.3 Å². The molecule has 0 aliphatic heterocycles. The first-order valence-electron chi connectivity index (χ1n) is 3.47. The van der Waals surface area contributed by atoms with E-state index in [1.807, 2.05) is 0 Å². The van der Waals surface area contributed by atoms with Crippen molar-refractivity contribution in [2.45, 2.75) is 4.21 Å². The lowest BCUT2D eigenvalue weighted by molar-refractivity contribution is 0.0603. The highest BCUT2D eigenvalue weighted by Crippen LogP contribution is 2.31. The summed E-state index contributed by atoms with van der Waals surface area (Å²) < 4.78 is 26.4. The fourth-order valence-electron chi connectivity index (χ4n) is 0.781. The minimum absolute atomic E-state index is 0.0598. The van der Waals surface area contributed by atoms with E-state index in [4.69, 9.17) is 0 Å². The van der Waals surface area contributed by atoms with Crippen LogP contribution in [-0.2, 0) is 14.6 Å². The SMILES string of the molecule is COC(=O)c1sc(S(C)(=O)=O)cc1O. The summed E-state index contributed by atoms with van der Waals surface area (Å²) in [6.07, 6.45) is 0.999. The molecule has 1 aromatic heterocycles. The zero-order valence-electron chi connectivity index (χ0n) is 7.47. The zero-order chi connectivity index (χ0) is 10.9. The van der Waals surface area contributed by atoms with Crippen LogP contribution in [0, 0.1) is 0 Å². The van der Waals surface area contributed by atoms with Crippen molar-refractivity contribution in [3.05, 3.63) is 10.9 Å². The molecule has 0 aromatic carbocycles. The first-order chi connectivity index (χ1) is 6.36. The van der Waals surface area contributed by atoms with Gasteiger partial charge in [0, 0.05) is 12.3 Å². The van der Waals surface area contributed by atoms with E-state index in [1.54, 1.807) is 0 Å². The molecule has 5 nitrogen and oxygen atoms in total. The van der Waals surface area contributed by atoms with Crippen LogP contribution in [0.25, 0.3) is 0 Å². The largest absolute Gasteiger partial charge is 0.506 e. The van der Waals surface area contributed by atoms with E-state index >= 15 is 0 Å². The summed E-state index contributed by atoms with van der Waals surface area (Å²) in [7, 11) is -2.24. The number of carbonyl (C=O) groups is 1. The molecule has 0 radical (unpaired) electrons. The number of sulfone groups is 1. The number of carbonyl (C=O) groups excluding carboxylic acids is 1.